The van der Waals surface area contributed by atoms with E-state index in [1.165, 1.54) is 0 Å². The lowest BCUT2D eigenvalue weighted by atomic mass is 10.0. The van der Waals surface area contributed by atoms with Crippen molar-refractivity contribution in [1.29, 1.82) is 0 Å². The van der Waals surface area contributed by atoms with Gasteiger partial charge in [0, 0.05) is 21.5 Å². The second-order valence-corrected chi connectivity index (χ2v) is 9.10. The van der Waals surface area contributed by atoms with Crippen LogP contribution in [0.3, 0.4) is 0 Å². The third-order valence-corrected chi connectivity index (χ3v) is 6.50. The zero-order valence-electron chi connectivity index (χ0n) is 17.2. The molecule has 0 aliphatic carbocycles. The van der Waals surface area contributed by atoms with Gasteiger partial charge >= 0.3 is 0 Å². The van der Waals surface area contributed by atoms with E-state index in [9.17, 15) is 4.79 Å². The highest BCUT2D eigenvalue weighted by Crippen LogP contribution is 2.24. The summed E-state index contributed by atoms with van der Waals surface area (Å²) in [4.78, 5) is 13.0. The third-order valence-electron chi connectivity index (χ3n) is 4.96. The molecule has 0 saturated carbocycles. The summed E-state index contributed by atoms with van der Waals surface area (Å²) in [5, 5.41) is 14.6. The lowest BCUT2D eigenvalue weighted by Gasteiger charge is -2.12. The van der Waals surface area contributed by atoms with Crippen LogP contribution in [0.2, 0.25) is 0 Å². The van der Waals surface area contributed by atoms with Gasteiger partial charge in [-0.3, -0.25) is 9.36 Å². The van der Waals surface area contributed by atoms with Gasteiger partial charge in [0.25, 0.3) is 5.91 Å². The topological polar surface area (TPSA) is 59.8 Å². The lowest BCUT2D eigenvalue weighted by molar-refractivity contribution is 0.0951. The van der Waals surface area contributed by atoms with E-state index in [0.29, 0.717) is 17.9 Å². The van der Waals surface area contributed by atoms with Gasteiger partial charge < -0.3 is 5.32 Å². The largest absolute Gasteiger partial charge is 0.345 e. The Hall–Kier alpha value is -2.64. The number of carbonyl (C=O) groups excluding carboxylic acids is 1. The van der Waals surface area contributed by atoms with Crippen LogP contribution in [-0.2, 0) is 6.54 Å². The van der Waals surface area contributed by atoms with Gasteiger partial charge in [0.2, 0.25) is 0 Å². The Morgan fingerprint density at radius 3 is 2.61 bits per heavy atom. The van der Waals surface area contributed by atoms with E-state index >= 15 is 0 Å². The van der Waals surface area contributed by atoms with Gasteiger partial charge in [-0.1, -0.05) is 77.4 Å². The monoisotopic (exact) mass is 494 g/mol. The quantitative estimate of drug-likeness (QED) is 0.241. The molecule has 158 valence electrons. The number of halogens is 1. The number of amides is 1. The van der Waals surface area contributed by atoms with Gasteiger partial charge in [-0.2, -0.15) is 0 Å². The molecule has 0 unspecified atom stereocenters. The van der Waals surface area contributed by atoms with Gasteiger partial charge in [-0.25, -0.2) is 0 Å². The van der Waals surface area contributed by atoms with Crippen LogP contribution in [0.15, 0.2) is 76.4 Å². The van der Waals surface area contributed by atoms with Crippen molar-refractivity contribution in [2.45, 2.75) is 31.5 Å². The Morgan fingerprint density at radius 2 is 1.81 bits per heavy atom. The molecule has 4 rings (SSSR count). The molecule has 1 heterocycles. The Labute approximate surface area is 194 Å². The summed E-state index contributed by atoms with van der Waals surface area (Å²) < 4.78 is 3.03. The van der Waals surface area contributed by atoms with Gasteiger partial charge in [-0.05, 0) is 47.5 Å². The van der Waals surface area contributed by atoms with Crippen molar-refractivity contribution in [3.05, 3.63) is 82.6 Å². The molecule has 0 saturated heterocycles. The highest BCUT2D eigenvalue weighted by molar-refractivity contribution is 9.10. The Balaban J connectivity index is 1.59. The van der Waals surface area contributed by atoms with E-state index in [0.717, 1.165) is 44.7 Å². The van der Waals surface area contributed by atoms with Crippen molar-refractivity contribution < 1.29 is 4.79 Å². The summed E-state index contributed by atoms with van der Waals surface area (Å²) in [6.07, 6.45) is 2.25. The summed E-state index contributed by atoms with van der Waals surface area (Å²) in [6, 6.07) is 21.7. The predicted molar refractivity (Wildman–Crippen MR) is 130 cm³/mol. The van der Waals surface area contributed by atoms with Gasteiger partial charge in [0.1, 0.15) is 0 Å². The SMILES string of the molecule is CCCCSc1nnc(CNC(=O)c2cccc3ccccc23)n1-c1ccc(Br)cc1. The number of aromatic nitrogens is 3. The van der Waals surface area contributed by atoms with E-state index < -0.39 is 0 Å². The zero-order chi connectivity index (χ0) is 21.6. The number of thioether (sulfide) groups is 1. The number of benzene rings is 3. The third kappa shape index (κ3) is 4.99. The minimum absolute atomic E-state index is 0.123. The average molecular weight is 495 g/mol. The van der Waals surface area contributed by atoms with Crippen molar-refractivity contribution >= 4 is 44.4 Å². The molecule has 1 N–H and O–H groups in total. The number of carbonyl (C=O) groups is 1. The first-order valence-electron chi connectivity index (χ1n) is 10.3. The molecule has 7 heteroatoms. The van der Waals surface area contributed by atoms with Crippen LogP contribution in [0.4, 0.5) is 0 Å². The highest BCUT2D eigenvalue weighted by Gasteiger charge is 2.16. The molecule has 0 spiro atoms. The summed E-state index contributed by atoms with van der Waals surface area (Å²) in [7, 11) is 0. The predicted octanol–water partition coefficient (Wildman–Crippen LogP) is 6.01. The van der Waals surface area contributed by atoms with Crippen LogP contribution >= 0.6 is 27.7 Å². The van der Waals surface area contributed by atoms with Crippen LogP contribution in [0.5, 0.6) is 0 Å². The summed E-state index contributed by atoms with van der Waals surface area (Å²) in [5.74, 6) is 1.56. The fraction of sp³-hybridized carbons (Fsp3) is 0.208. The van der Waals surface area contributed by atoms with Crippen LogP contribution in [0, 0.1) is 0 Å². The van der Waals surface area contributed by atoms with Crippen molar-refractivity contribution in [3.8, 4) is 5.69 Å². The minimum Gasteiger partial charge on any atom is -0.345 e. The number of fused-ring (bicyclic) bond motifs is 1. The van der Waals surface area contributed by atoms with Crippen LogP contribution in [0.1, 0.15) is 35.9 Å². The normalized spacial score (nSPS) is 11.0. The van der Waals surface area contributed by atoms with Crippen LogP contribution in [0.25, 0.3) is 16.5 Å². The molecule has 3 aromatic carbocycles. The van der Waals surface area contributed by atoms with Gasteiger partial charge in [0.15, 0.2) is 11.0 Å². The smallest absolute Gasteiger partial charge is 0.252 e. The molecule has 0 atom stereocenters. The molecule has 0 fully saturated rings. The molecule has 1 amide bonds. The highest BCUT2D eigenvalue weighted by atomic mass is 79.9. The van der Waals surface area contributed by atoms with E-state index in [1.54, 1.807) is 11.8 Å². The van der Waals surface area contributed by atoms with Gasteiger partial charge in [0.05, 0.1) is 6.54 Å². The van der Waals surface area contributed by atoms with E-state index in [-0.39, 0.29) is 5.91 Å². The van der Waals surface area contributed by atoms with Crippen molar-refractivity contribution in [3.63, 3.8) is 0 Å². The molecule has 0 radical (unpaired) electrons. The van der Waals surface area contributed by atoms with E-state index in [4.69, 9.17) is 0 Å². The van der Waals surface area contributed by atoms with Crippen molar-refractivity contribution in [1.82, 2.24) is 20.1 Å². The average Bonchev–Trinajstić information content (AvgIpc) is 3.20. The van der Waals surface area contributed by atoms with Gasteiger partial charge in [-0.15, -0.1) is 10.2 Å². The number of unbranched alkanes of at least 4 members (excludes halogenated alkanes) is 1. The molecular formula is C24H23BrN4OS. The van der Waals surface area contributed by atoms with Crippen LogP contribution < -0.4 is 5.32 Å². The number of nitrogens with one attached hydrogen (secondary N) is 1. The summed E-state index contributed by atoms with van der Waals surface area (Å²) in [5.41, 5.74) is 1.63. The maximum atomic E-state index is 13.0. The lowest BCUT2D eigenvalue weighted by Crippen LogP contribution is -2.25. The fourth-order valence-electron chi connectivity index (χ4n) is 3.34. The maximum absolute atomic E-state index is 13.0. The number of nitrogens with zero attached hydrogens (tertiary/aromatic N) is 3. The fourth-order valence-corrected chi connectivity index (χ4v) is 4.66. The van der Waals surface area contributed by atoms with Crippen molar-refractivity contribution in [2.75, 3.05) is 5.75 Å². The number of hydrogen-bond acceptors (Lipinski definition) is 4. The minimum atomic E-state index is -0.123. The second-order valence-electron chi connectivity index (χ2n) is 7.12. The molecule has 1 aromatic heterocycles. The van der Waals surface area contributed by atoms with Crippen molar-refractivity contribution in [2.24, 2.45) is 0 Å². The molecule has 0 aliphatic rings. The molecular weight excluding hydrogens is 472 g/mol. The number of hydrogen-bond donors (Lipinski definition) is 1. The molecule has 0 bridgehead atoms. The Bertz CT molecular complexity index is 1180. The summed E-state index contributed by atoms with van der Waals surface area (Å²) in [6.45, 7) is 2.47. The van der Waals surface area contributed by atoms with E-state index in [2.05, 4.69) is 38.4 Å². The first-order chi connectivity index (χ1) is 15.2. The Kier molecular flexibility index (Phi) is 7.04. The standard InChI is InChI=1S/C24H23BrN4OS/c1-2-3-15-31-24-28-27-22(29(24)19-13-11-18(25)12-14-19)16-26-23(30)21-10-6-8-17-7-4-5-9-20(17)21/h4-14H,2-3,15-16H2,1H3,(H,26,30). The summed E-state index contributed by atoms with van der Waals surface area (Å²) >= 11 is 5.18. The van der Waals surface area contributed by atoms with Crippen LogP contribution in [-0.4, -0.2) is 26.4 Å². The number of rotatable bonds is 8. The second kappa shape index (κ2) is 10.1. The maximum Gasteiger partial charge on any atom is 0.252 e. The molecule has 0 aliphatic heterocycles. The molecule has 4 aromatic rings. The molecule has 5 nitrogen and oxygen atoms in total. The van der Waals surface area contributed by atoms with E-state index in [1.807, 2.05) is 71.3 Å². The first-order valence-corrected chi connectivity index (χ1v) is 12.0. The first kappa shape index (κ1) is 21.6. The molecule has 31 heavy (non-hydrogen) atoms. The zero-order valence-corrected chi connectivity index (χ0v) is 19.6. The Morgan fingerprint density at radius 1 is 1.03 bits per heavy atom.